The minimum absolute atomic E-state index is 0.0287. The van der Waals surface area contributed by atoms with E-state index in [4.69, 9.17) is 0 Å². The fourth-order valence-corrected chi connectivity index (χ4v) is 3.04. The SMILES string of the molecule is CCC(C(C)C)N1C(=O)CNC1c1ccccc1C. The molecule has 3 nitrogen and oxygen atoms in total. The largest absolute Gasteiger partial charge is 0.319 e. The lowest BCUT2D eigenvalue weighted by molar-refractivity contribution is -0.131. The van der Waals surface area contributed by atoms with Crippen molar-refractivity contribution in [2.24, 2.45) is 5.92 Å². The van der Waals surface area contributed by atoms with Crippen LogP contribution in [0.2, 0.25) is 0 Å². The van der Waals surface area contributed by atoms with E-state index < -0.39 is 0 Å². The molecule has 1 aliphatic rings. The number of nitrogens with zero attached hydrogens (tertiary/aromatic N) is 1. The molecule has 0 bridgehead atoms. The number of amides is 1. The molecular formula is C16H24N2O. The van der Waals surface area contributed by atoms with Crippen molar-refractivity contribution in [2.45, 2.75) is 46.3 Å². The summed E-state index contributed by atoms with van der Waals surface area (Å²) in [6, 6.07) is 8.60. The smallest absolute Gasteiger partial charge is 0.238 e. The van der Waals surface area contributed by atoms with E-state index in [1.54, 1.807) is 0 Å². The van der Waals surface area contributed by atoms with Gasteiger partial charge in [0.05, 0.1) is 6.54 Å². The van der Waals surface area contributed by atoms with Crippen LogP contribution >= 0.6 is 0 Å². The zero-order chi connectivity index (χ0) is 14.0. The second kappa shape index (κ2) is 5.74. The van der Waals surface area contributed by atoms with Gasteiger partial charge in [-0.2, -0.15) is 0 Å². The van der Waals surface area contributed by atoms with Crippen molar-refractivity contribution < 1.29 is 4.79 Å². The predicted molar refractivity (Wildman–Crippen MR) is 77.7 cm³/mol. The Hall–Kier alpha value is -1.35. The van der Waals surface area contributed by atoms with Gasteiger partial charge in [0.1, 0.15) is 6.17 Å². The number of carbonyl (C=O) groups excluding carboxylic acids is 1. The van der Waals surface area contributed by atoms with E-state index >= 15 is 0 Å². The summed E-state index contributed by atoms with van der Waals surface area (Å²) in [4.78, 5) is 14.3. The minimum atomic E-state index is 0.0287. The van der Waals surface area contributed by atoms with E-state index in [-0.39, 0.29) is 12.1 Å². The Kier molecular flexibility index (Phi) is 4.25. The van der Waals surface area contributed by atoms with Crippen molar-refractivity contribution in [3.05, 3.63) is 35.4 Å². The lowest BCUT2D eigenvalue weighted by atomic mass is 9.97. The number of rotatable bonds is 4. The first-order chi connectivity index (χ1) is 9.06. The van der Waals surface area contributed by atoms with Gasteiger partial charge in [-0.1, -0.05) is 45.0 Å². The van der Waals surface area contributed by atoms with E-state index in [0.29, 0.717) is 18.5 Å². The van der Waals surface area contributed by atoms with Crippen LogP contribution in [0, 0.1) is 12.8 Å². The first-order valence-electron chi connectivity index (χ1n) is 7.16. The van der Waals surface area contributed by atoms with Gasteiger partial charge in [-0.15, -0.1) is 0 Å². The van der Waals surface area contributed by atoms with Crippen LogP contribution in [0.1, 0.15) is 44.5 Å². The second-order valence-electron chi connectivity index (χ2n) is 5.66. The summed E-state index contributed by atoms with van der Waals surface area (Å²) in [7, 11) is 0. The zero-order valence-corrected chi connectivity index (χ0v) is 12.3. The van der Waals surface area contributed by atoms with E-state index in [1.807, 2.05) is 17.0 Å². The Balaban J connectivity index is 2.35. The Morgan fingerprint density at radius 1 is 1.37 bits per heavy atom. The van der Waals surface area contributed by atoms with Crippen LogP contribution in [0.3, 0.4) is 0 Å². The molecule has 2 unspecified atom stereocenters. The number of hydrogen-bond acceptors (Lipinski definition) is 2. The van der Waals surface area contributed by atoms with Crippen molar-refractivity contribution in [1.82, 2.24) is 10.2 Å². The van der Waals surface area contributed by atoms with Gasteiger partial charge < -0.3 is 4.90 Å². The Labute approximate surface area is 116 Å². The molecule has 2 atom stereocenters. The highest BCUT2D eigenvalue weighted by Crippen LogP contribution is 2.30. The molecule has 1 saturated heterocycles. The molecule has 0 aromatic heterocycles. The Morgan fingerprint density at radius 2 is 2.05 bits per heavy atom. The molecule has 2 rings (SSSR count). The van der Waals surface area contributed by atoms with Crippen LogP contribution in [0.15, 0.2) is 24.3 Å². The minimum Gasteiger partial charge on any atom is -0.319 e. The van der Waals surface area contributed by atoms with Crippen molar-refractivity contribution in [3.63, 3.8) is 0 Å². The fourth-order valence-electron chi connectivity index (χ4n) is 3.04. The summed E-state index contributed by atoms with van der Waals surface area (Å²) in [5.74, 6) is 0.689. The maximum Gasteiger partial charge on any atom is 0.238 e. The number of benzene rings is 1. The van der Waals surface area contributed by atoms with Crippen LogP contribution in [0.5, 0.6) is 0 Å². The van der Waals surface area contributed by atoms with E-state index in [0.717, 1.165) is 6.42 Å². The molecule has 0 aliphatic carbocycles. The predicted octanol–water partition coefficient (Wildman–Crippen LogP) is 2.86. The molecule has 1 aromatic rings. The van der Waals surface area contributed by atoms with Gasteiger partial charge in [0.25, 0.3) is 0 Å². The molecule has 0 radical (unpaired) electrons. The molecule has 104 valence electrons. The van der Waals surface area contributed by atoms with Crippen LogP contribution < -0.4 is 5.32 Å². The van der Waals surface area contributed by atoms with Crippen molar-refractivity contribution in [2.75, 3.05) is 6.54 Å². The van der Waals surface area contributed by atoms with Gasteiger partial charge in [0.15, 0.2) is 0 Å². The molecular weight excluding hydrogens is 236 g/mol. The monoisotopic (exact) mass is 260 g/mol. The van der Waals surface area contributed by atoms with E-state index in [2.05, 4.69) is 45.1 Å². The number of nitrogens with one attached hydrogen (secondary N) is 1. The number of hydrogen-bond donors (Lipinski definition) is 1. The van der Waals surface area contributed by atoms with Crippen LogP contribution in [-0.4, -0.2) is 23.4 Å². The van der Waals surface area contributed by atoms with Crippen molar-refractivity contribution >= 4 is 5.91 Å². The highest BCUT2D eigenvalue weighted by molar-refractivity contribution is 5.81. The van der Waals surface area contributed by atoms with Gasteiger partial charge in [-0.05, 0) is 30.4 Å². The summed E-state index contributed by atoms with van der Waals surface area (Å²) in [5.41, 5.74) is 2.45. The first-order valence-corrected chi connectivity index (χ1v) is 7.16. The van der Waals surface area contributed by atoms with Crippen LogP contribution in [0.4, 0.5) is 0 Å². The normalized spacial score (nSPS) is 21.2. The Morgan fingerprint density at radius 3 is 2.63 bits per heavy atom. The summed E-state index contributed by atoms with van der Waals surface area (Å²) < 4.78 is 0. The third-order valence-corrected chi connectivity index (χ3v) is 4.04. The van der Waals surface area contributed by atoms with Crippen molar-refractivity contribution in [3.8, 4) is 0 Å². The van der Waals surface area contributed by atoms with Gasteiger partial charge in [0.2, 0.25) is 5.91 Å². The standard InChI is InChI=1S/C16H24N2O/c1-5-14(11(2)3)18-15(19)10-17-16(18)13-9-7-6-8-12(13)4/h6-9,11,14,16-17H,5,10H2,1-4H3. The average molecular weight is 260 g/mol. The first kappa shape index (κ1) is 14.1. The van der Waals surface area contributed by atoms with Crippen molar-refractivity contribution in [1.29, 1.82) is 0 Å². The quantitative estimate of drug-likeness (QED) is 0.903. The van der Waals surface area contributed by atoms with E-state index in [1.165, 1.54) is 11.1 Å². The molecule has 1 amide bonds. The molecule has 1 heterocycles. The number of carbonyl (C=O) groups is 1. The summed E-state index contributed by atoms with van der Waals surface area (Å²) in [6.07, 6.45) is 1.02. The second-order valence-corrected chi connectivity index (χ2v) is 5.66. The molecule has 1 fully saturated rings. The van der Waals surface area contributed by atoms with Crippen LogP contribution in [-0.2, 0) is 4.79 Å². The topological polar surface area (TPSA) is 32.3 Å². The average Bonchev–Trinajstić information content (AvgIpc) is 2.73. The highest BCUT2D eigenvalue weighted by atomic mass is 16.2. The molecule has 0 saturated carbocycles. The molecule has 1 aliphatic heterocycles. The highest BCUT2D eigenvalue weighted by Gasteiger charge is 2.37. The Bertz CT molecular complexity index is 456. The van der Waals surface area contributed by atoms with Gasteiger partial charge in [-0.3, -0.25) is 10.1 Å². The molecule has 19 heavy (non-hydrogen) atoms. The van der Waals surface area contributed by atoms with Crippen LogP contribution in [0.25, 0.3) is 0 Å². The summed E-state index contributed by atoms with van der Waals surface area (Å²) in [6.45, 7) is 9.09. The fraction of sp³-hybridized carbons (Fsp3) is 0.562. The lowest BCUT2D eigenvalue weighted by Crippen LogP contribution is -2.42. The molecule has 3 heteroatoms. The lowest BCUT2D eigenvalue weighted by Gasteiger charge is -2.35. The molecule has 1 N–H and O–H groups in total. The summed E-state index contributed by atoms with van der Waals surface area (Å²) >= 11 is 0. The number of aryl methyl sites for hydroxylation is 1. The molecule has 1 aromatic carbocycles. The third kappa shape index (κ3) is 2.66. The van der Waals surface area contributed by atoms with Gasteiger partial charge in [-0.25, -0.2) is 0 Å². The maximum absolute atomic E-state index is 12.2. The van der Waals surface area contributed by atoms with E-state index in [9.17, 15) is 4.79 Å². The van der Waals surface area contributed by atoms with Gasteiger partial charge >= 0.3 is 0 Å². The van der Waals surface area contributed by atoms with Gasteiger partial charge in [0, 0.05) is 6.04 Å². The third-order valence-electron chi connectivity index (χ3n) is 4.04. The zero-order valence-electron chi connectivity index (χ0n) is 12.3. The summed E-state index contributed by atoms with van der Waals surface area (Å²) in [5, 5.41) is 3.36. The maximum atomic E-state index is 12.2. The molecule has 0 spiro atoms.